The van der Waals surface area contributed by atoms with Crippen LogP contribution in [0.2, 0.25) is 0 Å². The Kier molecular flexibility index (Phi) is 8.63. The van der Waals surface area contributed by atoms with Crippen molar-refractivity contribution in [2.24, 2.45) is 0 Å². The topological polar surface area (TPSA) is 108 Å². The smallest absolute Gasteiger partial charge is 0.373 e. The van der Waals surface area contributed by atoms with Gasteiger partial charge in [-0.3, -0.25) is 9.36 Å². The second-order valence-corrected chi connectivity index (χ2v) is 9.27. The van der Waals surface area contributed by atoms with Crippen LogP contribution in [0.15, 0.2) is 70.2 Å². The van der Waals surface area contributed by atoms with Crippen LogP contribution >= 0.6 is 11.8 Å². The third kappa shape index (κ3) is 7.01. The maximum Gasteiger partial charge on any atom is 0.373 e. The number of furan rings is 1. The van der Waals surface area contributed by atoms with Crippen molar-refractivity contribution in [1.82, 2.24) is 20.1 Å². The molecular formula is C27H28N4O5S. The van der Waals surface area contributed by atoms with E-state index in [4.69, 9.17) is 9.15 Å². The minimum absolute atomic E-state index is 0.0886. The molecule has 0 saturated heterocycles. The Hall–Kier alpha value is -4.05. The Labute approximate surface area is 219 Å². The van der Waals surface area contributed by atoms with Crippen molar-refractivity contribution >= 4 is 23.6 Å². The van der Waals surface area contributed by atoms with Crippen molar-refractivity contribution in [3.05, 3.63) is 94.7 Å². The normalized spacial score (nSPS) is 10.8. The molecule has 2 aromatic carbocycles. The Bertz CT molecular complexity index is 1370. The minimum Gasteiger partial charge on any atom is -0.486 e. The number of carbonyl (C=O) groups is 2. The molecule has 192 valence electrons. The van der Waals surface area contributed by atoms with E-state index < -0.39 is 5.97 Å². The van der Waals surface area contributed by atoms with Gasteiger partial charge in [-0.25, -0.2) is 4.79 Å². The first-order chi connectivity index (χ1) is 17.9. The molecule has 0 spiro atoms. The van der Waals surface area contributed by atoms with Crippen LogP contribution in [0.4, 0.5) is 0 Å². The minimum atomic E-state index is -0.566. The molecular weight excluding hydrogens is 492 g/mol. The molecule has 4 rings (SSSR count). The predicted octanol–water partition coefficient (Wildman–Crippen LogP) is 4.31. The predicted molar refractivity (Wildman–Crippen MR) is 138 cm³/mol. The lowest BCUT2D eigenvalue weighted by atomic mass is 10.1. The van der Waals surface area contributed by atoms with Gasteiger partial charge in [-0.1, -0.05) is 48.2 Å². The summed E-state index contributed by atoms with van der Waals surface area (Å²) < 4.78 is 18.0. The maximum atomic E-state index is 12.5. The molecule has 1 amide bonds. The molecule has 0 radical (unpaired) electrons. The number of thioether (sulfide) groups is 1. The van der Waals surface area contributed by atoms with Crippen molar-refractivity contribution in [2.75, 3.05) is 12.9 Å². The third-order valence-electron chi connectivity index (χ3n) is 5.66. The van der Waals surface area contributed by atoms with Crippen molar-refractivity contribution < 1.29 is 23.5 Å². The lowest BCUT2D eigenvalue weighted by Crippen LogP contribution is -2.24. The second kappa shape index (κ2) is 12.3. The van der Waals surface area contributed by atoms with Crippen LogP contribution in [0.1, 0.15) is 38.8 Å². The number of nitrogens with zero attached hydrogens (tertiary/aromatic N) is 3. The van der Waals surface area contributed by atoms with Gasteiger partial charge < -0.3 is 19.2 Å². The van der Waals surface area contributed by atoms with Crippen LogP contribution in [-0.2, 0) is 29.2 Å². The molecule has 0 saturated carbocycles. The van der Waals surface area contributed by atoms with E-state index in [9.17, 15) is 9.59 Å². The summed E-state index contributed by atoms with van der Waals surface area (Å²) in [6.45, 7) is 5.05. The fourth-order valence-electron chi connectivity index (χ4n) is 3.46. The van der Waals surface area contributed by atoms with Gasteiger partial charge in [0.2, 0.25) is 11.7 Å². The number of esters is 1. The van der Waals surface area contributed by atoms with Crippen LogP contribution in [0, 0.1) is 13.8 Å². The average molecular weight is 521 g/mol. The SMILES string of the molecule is COC(=O)c1ccc(CNC(=O)CSc2nnc(COc3ccc(C)c(C)c3)n2Cc2ccccc2)o1. The summed E-state index contributed by atoms with van der Waals surface area (Å²) in [6, 6.07) is 19.1. The molecule has 0 atom stereocenters. The lowest BCUT2D eigenvalue weighted by molar-refractivity contribution is -0.118. The molecule has 10 heteroatoms. The van der Waals surface area contributed by atoms with E-state index >= 15 is 0 Å². The van der Waals surface area contributed by atoms with Crippen molar-refractivity contribution in [1.29, 1.82) is 0 Å². The average Bonchev–Trinajstić information content (AvgIpc) is 3.54. The molecule has 0 fully saturated rings. The molecule has 0 aliphatic heterocycles. The monoisotopic (exact) mass is 520 g/mol. The first kappa shape index (κ1) is 26.0. The Balaban J connectivity index is 1.40. The number of aromatic nitrogens is 3. The number of carbonyl (C=O) groups excluding carboxylic acids is 2. The molecule has 4 aromatic rings. The van der Waals surface area contributed by atoms with Gasteiger partial charge in [0.05, 0.1) is 26.0 Å². The summed E-state index contributed by atoms with van der Waals surface area (Å²) in [7, 11) is 1.28. The zero-order chi connectivity index (χ0) is 26.2. The van der Waals surface area contributed by atoms with Gasteiger partial charge >= 0.3 is 5.97 Å². The number of aryl methyl sites for hydroxylation is 2. The second-order valence-electron chi connectivity index (χ2n) is 8.33. The fourth-order valence-corrected chi connectivity index (χ4v) is 4.25. The van der Waals surface area contributed by atoms with E-state index in [0.29, 0.717) is 23.3 Å². The van der Waals surface area contributed by atoms with Gasteiger partial charge in [-0.05, 0) is 54.8 Å². The van der Waals surface area contributed by atoms with Gasteiger partial charge in [0.15, 0.2) is 11.0 Å². The molecule has 9 nitrogen and oxygen atoms in total. The van der Waals surface area contributed by atoms with E-state index in [0.717, 1.165) is 16.9 Å². The number of hydrogen-bond acceptors (Lipinski definition) is 8. The van der Waals surface area contributed by atoms with Crippen LogP contribution in [0.25, 0.3) is 0 Å². The number of ether oxygens (including phenoxy) is 2. The highest BCUT2D eigenvalue weighted by atomic mass is 32.2. The molecule has 37 heavy (non-hydrogen) atoms. The number of nitrogens with one attached hydrogen (secondary N) is 1. The van der Waals surface area contributed by atoms with Crippen LogP contribution in [0.5, 0.6) is 5.75 Å². The third-order valence-corrected chi connectivity index (χ3v) is 6.63. The van der Waals surface area contributed by atoms with Gasteiger partial charge in [0.25, 0.3) is 0 Å². The quantitative estimate of drug-likeness (QED) is 0.230. The standard InChI is InChI=1S/C27H28N4O5S/c1-18-9-10-21(13-19(18)2)35-16-24-29-30-27(31(24)15-20-7-5-4-6-8-20)37-17-25(32)28-14-22-11-12-23(36-22)26(33)34-3/h4-13H,14-17H2,1-3H3,(H,28,32). The van der Waals surface area contributed by atoms with E-state index in [-0.39, 0.29) is 30.6 Å². The summed E-state index contributed by atoms with van der Waals surface area (Å²) in [5.74, 6) is 1.33. The van der Waals surface area contributed by atoms with E-state index in [1.165, 1.54) is 30.5 Å². The Morgan fingerprint density at radius 2 is 1.84 bits per heavy atom. The molecule has 0 unspecified atom stereocenters. The van der Waals surface area contributed by atoms with Gasteiger partial charge in [-0.15, -0.1) is 10.2 Å². The molecule has 1 N–H and O–H groups in total. The Morgan fingerprint density at radius 1 is 1.03 bits per heavy atom. The zero-order valence-electron chi connectivity index (χ0n) is 20.9. The summed E-state index contributed by atoms with van der Waals surface area (Å²) in [4.78, 5) is 24.0. The summed E-state index contributed by atoms with van der Waals surface area (Å²) >= 11 is 1.29. The number of benzene rings is 2. The first-order valence-electron chi connectivity index (χ1n) is 11.7. The molecule has 0 aliphatic carbocycles. The number of methoxy groups -OCH3 is 1. The highest BCUT2D eigenvalue weighted by molar-refractivity contribution is 7.99. The van der Waals surface area contributed by atoms with E-state index in [1.54, 1.807) is 6.07 Å². The van der Waals surface area contributed by atoms with Crippen molar-refractivity contribution in [2.45, 2.75) is 38.7 Å². The lowest BCUT2D eigenvalue weighted by Gasteiger charge is -2.12. The number of rotatable bonds is 11. The molecule has 0 aliphatic rings. The summed E-state index contributed by atoms with van der Waals surface area (Å²) in [6.07, 6.45) is 0. The highest BCUT2D eigenvalue weighted by Crippen LogP contribution is 2.21. The number of hydrogen-bond donors (Lipinski definition) is 1. The molecule has 0 bridgehead atoms. The Morgan fingerprint density at radius 3 is 2.59 bits per heavy atom. The maximum absolute atomic E-state index is 12.5. The molecule has 2 aromatic heterocycles. The zero-order valence-corrected chi connectivity index (χ0v) is 21.7. The van der Waals surface area contributed by atoms with E-state index in [1.807, 2.05) is 60.0 Å². The van der Waals surface area contributed by atoms with Crippen molar-refractivity contribution in [3.63, 3.8) is 0 Å². The molecule has 2 heterocycles. The largest absolute Gasteiger partial charge is 0.486 e. The van der Waals surface area contributed by atoms with Crippen molar-refractivity contribution in [3.8, 4) is 5.75 Å². The highest BCUT2D eigenvalue weighted by Gasteiger charge is 2.16. The van der Waals surface area contributed by atoms with E-state index in [2.05, 4.69) is 27.2 Å². The van der Waals surface area contributed by atoms with Gasteiger partial charge in [-0.2, -0.15) is 0 Å². The van der Waals surface area contributed by atoms with Gasteiger partial charge in [0.1, 0.15) is 18.1 Å². The summed E-state index contributed by atoms with van der Waals surface area (Å²) in [5, 5.41) is 12.1. The summed E-state index contributed by atoms with van der Waals surface area (Å²) in [5.41, 5.74) is 3.44. The van der Waals surface area contributed by atoms with Crippen LogP contribution < -0.4 is 10.1 Å². The van der Waals surface area contributed by atoms with Gasteiger partial charge in [0, 0.05) is 0 Å². The number of amides is 1. The van der Waals surface area contributed by atoms with Crippen LogP contribution in [-0.4, -0.2) is 39.5 Å². The first-order valence-corrected chi connectivity index (χ1v) is 12.6. The van der Waals surface area contributed by atoms with Crippen LogP contribution in [0.3, 0.4) is 0 Å². The fraction of sp³-hybridized carbons (Fsp3) is 0.259.